The average molecular weight is 371 g/mol. The second-order valence-electron chi connectivity index (χ2n) is 6.83. The lowest BCUT2D eigenvalue weighted by Gasteiger charge is -2.33. The van der Waals surface area contributed by atoms with Crippen LogP contribution in [0.1, 0.15) is 38.5 Å². The molecule has 0 saturated carbocycles. The molecule has 0 aromatic carbocycles. The molecule has 146 valence electrons. The van der Waals surface area contributed by atoms with E-state index in [1.807, 2.05) is 12.1 Å². The standard InChI is InChI=1S/C20H29N5O2/c1-3-24(4-2)17(18-9-6-13-27-18)14-23-19(26)16-8-5-12-25(15-16)20-21-10-7-11-22-20/h6-7,9-11,13,16-17H,3-5,8,12,14-15H2,1-2H3,(H,23,26)/t16-,17+/m1/s1. The number of carbonyl (C=O) groups is 1. The van der Waals surface area contributed by atoms with Crippen LogP contribution in [0.15, 0.2) is 41.3 Å². The van der Waals surface area contributed by atoms with E-state index in [9.17, 15) is 4.79 Å². The summed E-state index contributed by atoms with van der Waals surface area (Å²) < 4.78 is 5.62. The summed E-state index contributed by atoms with van der Waals surface area (Å²) in [7, 11) is 0. The number of piperidine rings is 1. The van der Waals surface area contributed by atoms with Crippen LogP contribution < -0.4 is 10.2 Å². The number of likely N-dealkylation sites (N-methyl/N-ethyl adjacent to an activating group) is 1. The Labute approximate surface area is 160 Å². The van der Waals surface area contributed by atoms with Crippen molar-refractivity contribution in [3.8, 4) is 0 Å². The molecule has 1 saturated heterocycles. The first-order valence-electron chi connectivity index (χ1n) is 9.80. The zero-order valence-corrected chi connectivity index (χ0v) is 16.2. The van der Waals surface area contributed by atoms with E-state index in [-0.39, 0.29) is 17.9 Å². The molecule has 27 heavy (non-hydrogen) atoms. The maximum absolute atomic E-state index is 12.8. The van der Waals surface area contributed by atoms with Gasteiger partial charge in [0, 0.05) is 32.0 Å². The van der Waals surface area contributed by atoms with Crippen LogP contribution >= 0.6 is 0 Å². The van der Waals surface area contributed by atoms with Crippen LogP contribution in [0, 0.1) is 5.92 Å². The Kier molecular flexibility index (Phi) is 6.81. The molecule has 0 spiro atoms. The largest absolute Gasteiger partial charge is 0.468 e. The summed E-state index contributed by atoms with van der Waals surface area (Å²) >= 11 is 0. The molecule has 3 heterocycles. The third kappa shape index (κ3) is 4.86. The van der Waals surface area contributed by atoms with Crippen LogP contribution in [0.25, 0.3) is 0 Å². The van der Waals surface area contributed by atoms with Gasteiger partial charge in [0.25, 0.3) is 0 Å². The number of carbonyl (C=O) groups excluding carboxylic acids is 1. The maximum Gasteiger partial charge on any atom is 0.225 e. The highest BCUT2D eigenvalue weighted by Gasteiger charge is 2.28. The van der Waals surface area contributed by atoms with E-state index in [0.717, 1.165) is 38.2 Å². The van der Waals surface area contributed by atoms with Crippen molar-refractivity contribution in [3.05, 3.63) is 42.6 Å². The minimum absolute atomic E-state index is 0.0449. The lowest BCUT2D eigenvalue weighted by molar-refractivity contribution is -0.125. The van der Waals surface area contributed by atoms with Crippen molar-refractivity contribution in [2.24, 2.45) is 5.92 Å². The first-order valence-corrected chi connectivity index (χ1v) is 9.80. The predicted molar refractivity (Wildman–Crippen MR) is 104 cm³/mol. The Balaban J connectivity index is 1.60. The van der Waals surface area contributed by atoms with Gasteiger partial charge in [-0.05, 0) is 44.1 Å². The molecule has 2 aromatic rings. The number of nitrogens with zero attached hydrogens (tertiary/aromatic N) is 4. The molecule has 2 atom stereocenters. The smallest absolute Gasteiger partial charge is 0.225 e. The molecular formula is C20H29N5O2. The highest BCUT2D eigenvalue weighted by atomic mass is 16.3. The van der Waals surface area contributed by atoms with Gasteiger partial charge >= 0.3 is 0 Å². The van der Waals surface area contributed by atoms with Crippen LogP contribution in [-0.4, -0.2) is 53.5 Å². The molecule has 7 nitrogen and oxygen atoms in total. The van der Waals surface area contributed by atoms with Gasteiger partial charge in [0.05, 0.1) is 18.2 Å². The van der Waals surface area contributed by atoms with E-state index in [2.05, 4.69) is 38.9 Å². The molecule has 2 aromatic heterocycles. The topological polar surface area (TPSA) is 74.5 Å². The molecule has 1 fully saturated rings. The predicted octanol–water partition coefficient (Wildman–Crippen LogP) is 2.49. The fourth-order valence-electron chi connectivity index (χ4n) is 3.72. The quantitative estimate of drug-likeness (QED) is 0.768. The fourth-order valence-corrected chi connectivity index (χ4v) is 3.72. The van der Waals surface area contributed by atoms with Gasteiger partial charge in [0.1, 0.15) is 5.76 Å². The molecule has 0 bridgehead atoms. The van der Waals surface area contributed by atoms with Gasteiger partial charge in [-0.15, -0.1) is 0 Å². The molecule has 1 aliphatic rings. The van der Waals surface area contributed by atoms with Gasteiger partial charge in [-0.1, -0.05) is 13.8 Å². The molecule has 0 unspecified atom stereocenters. The number of anilines is 1. The number of furan rings is 1. The molecule has 1 N–H and O–H groups in total. The van der Waals surface area contributed by atoms with Crippen molar-refractivity contribution in [3.63, 3.8) is 0 Å². The number of aromatic nitrogens is 2. The van der Waals surface area contributed by atoms with Gasteiger partial charge in [0.15, 0.2) is 0 Å². The van der Waals surface area contributed by atoms with Crippen molar-refractivity contribution in [1.82, 2.24) is 20.2 Å². The zero-order chi connectivity index (χ0) is 19.1. The normalized spacial score (nSPS) is 18.5. The molecular weight excluding hydrogens is 342 g/mol. The summed E-state index contributed by atoms with van der Waals surface area (Å²) in [5, 5.41) is 3.15. The number of amides is 1. The molecule has 3 rings (SSSR count). The lowest BCUT2D eigenvalue weighted by Crippen LogP contribution is -2.45. The van der Waals surface area contributed by atoms with E-state index < -0.39 is 0 Å². The maximum atomic E-state index is 12.8. The minimum Gasteiger partial charge on any atom is -0.468 e. The molecule has 0 radical (unpaired) electrons. The first kappa shape index (κ1) is 19.4. The summed E-state index contributed by atoms with van der Waals surface area (Å²) in [6.45, 7) is 8.15. The Hall–Kier alpha value is -2.41. The highest BCUT2D eigenvalue weighted by molar-refractivity contribution is 5.79. The molecule has 1 amide bonds. The van der Waals surface area contributed by atoms with E-state index >= 15 is 0 Å². The second kappa shape index (κ2) is 9.50. The molecule has 1 aliphatic heterocycles. The van der Waals surface area contributed by atoms with Crippen LogP contribution in [0.3, 0.4) is 0 Å². The van der Waals surface area contributed by atoms with Gasteiger partial charge in [-0.2, -0.15) is 0 Å². The Bertz CT molecular complexity index is 688. The Morgan fingerprint density at radius 2 is 2.11 bits per heavy atom. The van der Waals surface area contributed by atoms with E-state index in [1.165, 1.54) is 0 Å². The number of nitrogens with one attached hydrogen (secondary N) is 1. The summed E-state index contributed by atoms with van der Waals surface area (Å²) in [5.74, 6) is 1.64. The van der Waals surface area contributed by atoms with Crippen molar-refractivity contribution in [2.75, 3.05) is 37.6 Å². The van der Waals surface area contributed by atoms with Crippen molar-refractivity contribution in [1.29, 1.82) is 0 Å². The van der Waals surface area contributed by atoms with E-state index in [0.29, 0.717) is 19.0 Å². The molecule has 7 heteroatoms. The van der Waals surface area contributed by atoms with Crippen LogP contribution in [0.5, 0.6) is 0 Å². The van der Waals surface area contributed by atoms with Gasteiger partial charge in [0.2, 0.25) is 11.9 Å². The Morgan fingerprint density at radius 3 is 2.78 bits per heavy atom. The summed E-state index contributed by atoms with van der Waals surface area (Å²) in [5.41, 5.74) is 0. The monoisotopic (exact) mass is 371 g/mol. The van der Waals surface area contributed by atoms with E-state index in [4.69, 9.17) is 4.42 Å². The van der Waals surface area contributed by atoms with Crippen molar-refractivity contribution >= 4 is 11.9 Å². The second-order valence-corrected chi connectivity index (χ2v) is 6.83. The number of hydrogen-bond acceptors (Lipinski definition) is 6. The van der Waals surface area contributed by atoms with Crippen molar-refractivity contribution < 1.29 is 9.21 Å². The lowest BCUT2D eigenvalue weighted by atomic mass is 9.97. The van der Waals surface area contributed by atoms with E-state index in [1.54, 1.807) is 24.7 Å². The Morgan fingerprint density at radius 1 is 1.33 bits per heavy atom. The number of hydrogen-bond donors (Lipinski definition) is 1. The third-order valence-corrected chi connectivity index (χ3v) is 5.22. The SMILES string of the molecule is CCN(CC)[C@@H](CNC(=O)[C@@H]1CCCN(c2ncccn2)C1)c1ccco1. The van der Waals surface area contributed by atoms with Crippen molar-refractivity contribution in [2.45, 2.75) is 32.7 Å². The third-order valence-electron chi connectivity index (χ3n) is 5.22. The van der Waals surface area contributed by atoms with Crippen LogP contribution in [-0.2, 0) is 4.79 Å². The fraction of sp³-hybridized carbons (Fsp3) is 0.550. The first-order chi connectivity index (χ1) is 13.2. The number of rotatable bonds is 8. The average Bonchev–Trinajstić information content (AvgIpc) is 3.26. The van der Waals surface area contributed by atoms with Gasteiger partial charge < -0.3 is 14.6 Å². The minimum atomic E-state index is -0.0449. The highest BCUT2D eigenvalue weighted by Crippen LogP contribution is 2.22. The summed E-state index contributed by atoms with van der Waals surface area (Å²) in [6, 6.07) is 5.73. The van der Waals surface area contributed by atoms with Gasteiger partial charge in [-0.3, -0.25) is 9.69 Å². The molecule has 0 aliphatic carbocycles. The summed E-state index contributed by atoms with van der Waals surface area (Å²) in [6.07, 6.45) is 7.03. The summed E-state index contributed by atoms with van der Waals surface area (Å²) in [4.78, 5) is 25.8. The van der Waals surface area contributed by atoms with Crippen LogP contribution in [0.4, 0.5) is 5.95 Å². The zero-order valence-electron chi connectivity index (χ0n) is 16.2. The van der Waals surface area contributed by atoms with Gasteiger partial charge in [-0.25, -0.2) is 9.97 Å². The van der Waals surface area contributed by atoms with Crippen LogP contribution in [0.2, 0.25) is 0 Å².